The van der Waals surface area contributed by atoms with Gasteiger partial charge in [0.05, 0.1) is 5.56 Å². The van der Waals surface area contributed by atoms with Crippen LogP contribution in [0.3, 0.4) is 0 Å². The fourth-order valence-corrected chi connectivity index (χ4v) is 0.419. The Hall–Kier alpha value is -0.920. The van der Waals surface area contributed by atoms with Crippen LogP contribution in [0.1, 0.15) is 15.9 Å². The predicted octanol–water partition coefficient (Wildman–Crippen LogP) is 0.0433. The largest absolute Gasteiger partial charge is 0.298 e. The molecule has 0 N–H and O–H groups in total. The minimum Gasteiger partial charge on any atom is -0.298 e. The molecule has 0 aliphatic rings. The molecule has 0 bridgehead atoms. The number of hydrogen-bond acceptors (Lipinski definition) is 2. The maximum absolute atomic E-state index is 10.1. The molecule has 36 valence electrons. The van der Waals surface area contributed by atoms with E-state index in [1.807, 2.05) is 0 Å². The lowest BCUT2D eigenvalue weighted by molar-refractivity contribution is 0.112. The Morgan fingerprint density at radius 1 is 1.57 bits per heavy atom. The van der Waals surface area contributed by atoms with Crippen LogP contribution in [0, 0.1) is 6.92 Å². The van der Waals surface area contributed by atoms with Gasteiger partial charge in [-0.25, -0.2) is 0 Å². The van der Waals surface area contributed by atoms with E-state index in [1.165, 1.54) is 0 Å². The first kappa shape index (κ1) is 4.24. The van der Waals surface area contributed by atoms with E-state index in [1.54, 1.807) is 6.92 Å². The summed E-state index contributed by atoms with van der Waals surface area (Å²) in [6.45, 7) is 1.64. The molecule has 0 fully saturated rings. The second-order valence-corrected chi connectivity index (χ2v) is 1.49. The molecule has 0 saturated heterocycles. The highest BCUT2D eigenvalue weighted by molar-refractivity contribution is 5.82. The van der Waals surface area contributed by atoms with Crippen LogP contribution in [0.15, 0.2) is 4.79 Å². The Balaban J connectivity index is 3.02. The molecule has 2 heteroatoms. The summed E-state index contributed by atoms with van der Waals surface area (Å²) in [7, 11) is 0. The van der Waals surface area contributed by atoms with Gasteiger partial charge in [-0.2, -0.15) is 0 Å². The van der Waals surface area contributed by atoms with Gasteiger partial charge in [0.2, 0.25) is 0 Å². The smallest absolute Gasteiger partial charge is 0.193 e. The van der Waals surface area contributed by atoms with Gasteiger partial charge >= 0.3 is 0 Å². The lowest BCUT2D eigenvalue weighted by Crippen LogP contribution is -1.75. The normalized spacial score (nSPS) is 9.86. The first-order valence-electron chi connectivity index (χ1n) is 1.98. The summed E-state index contributed by atoms with van der Waals surface area (Å²) in [5, 5.41) is 0. The molecule has 0 aromatic heterocycles. The van der Waals surface area contributed by atoms with Crippen molar-refractivity contribution in [1.29, 1.82) is 0 Å². The standard InChI is InChI=1S/C5H4O2/c1-3-4(2-6)5(3)7/h2H,1H3. The van der Waals surface area contributed by atoms with Gasteiger partial charge in [0.15, 0.2) is 11.7 Å². The van der Waals surface area contributed by atoms with Crippen LogP contribution in [0.4, 0.5) is 0 Å². The molecule has 0 heterocycles. The summed E-state index contributed by atoms with van der Waals surface area (Å²) >= 11 is 0. The Kier molecular flexibility index (Phi) is 0.622. The van der Waals surface area contributed by atoms with Crippen LogP contribution in [0.2, 0.25) is 0 Å². The van der Waals surface area contributed by atoms with Gasteiger partial charge in [0, 0.05) is 5.56 Å². The number of carbonyl (C=O) groups excluding carboxylic acids is 1. The van der Waals surface area contributed by atoms with Gasteiger partial charge in [-0.1, -0.05) is 0 Å². The molecule has 1 aromatic carbocycles. The van der Waals surface area contributed by atoms with Crippen molar-refractivity contribution in [3.8, 4) is 0 Å². The highest BCUT2D eigenvalue weighted by atomic mass is 16.1. The van der Waals surface area contributed by atoms with Crippen LogP contribution in [0.25, 0.3) is 0 Å². The Bertz CT molecular complexity index is 203. The molecule has 1 aromatic rings. The number of hydrogen-bond donors (Lipinski definition) is 0. The van der Waals surface area contributed by atoms with E-state index in [0.717, 1.165) is 0 Å². The fourth-order valence-electron chi connectivity index (χ4n) is 0.419. The Morgan fingerprint density at radius 3 is 2.00 bits per heavy atom. The molecule has 0 aliphatic carbocycles. The molecule has 2 nitrogen and oxygen atoms in total. The molecular formula is C5H4O2. The van der Waals surface area contributed by atoms with E-state index >= 15 is 0 Å². The minimum atomic E-state index is -0.0741. The maximum atomic E-state index is 10.1. The lowest BCUT2D eigenvalue weighted by Gasteiger charge is -1.51. The van der Waals surface area contributed by atoms with Gasteiger partial charge in [-0.15, -0.1) is 0 Å². The quantitative estimate of drug-likeness (QED) is 0.463. The summed E-state index contributed by atoms with van der Waals surface area (Å²) in [5.41, 5.74) is 0.907. The Labute approximate surface area is 40.5 Å². The minimum absolute atomic E-state index is 0.0741. The first-order valence-corrected chi connectivity index (χ1v) is 1.98. The van der Waals surface area contributed by atoms with E-state index in [0.29, 0.717) is 17.4 Å². The van der Waals surface area contributed by atoms with Gasteiger partial charge in [0.1, 0.15) is 0 Å². The van der Waals surface area contributed by atoms with Crippen molar-refractivity contribution in [3.05, 3.63) is 21.4 Å². The highest BCUT2D eigenvalue weighted by Crippen LogP contribution is 1.99. The maximum Gasteiger partial charge on any atom is 0.193 e. The molecule has 0 unspecified atom stereocenters. The SMILES string of the molecule is Cc1c(C=O)c1=O. The van der Waals surface area contributed by atoms with Crippen LogP contribution in [-0.4, -0.2) is 6.29 Å². The molecule has 0 radical (unpaired) electrons. The average molecular weight is 96.1 g/mol. The van der Waals surface area contributed by atoms with E-state index in [9.17, 15) is 9.59 Å². The average Bonchev–Trinajstić information content (AvgIpc) is 2.17. The molecule has 0 amide bonds. The van der Waals surface area contributed by atoms with Crippen molar-refractivity contribution in [2.24, 2.45) is 0 Å². The summed E-state index contributed by atoms with van der Waals surface area (Å²) in [4.78, 5) is 19.9. The second kappa shape index (κ2) is 1.03. The van der Waals surface area contributed by atoms with Gasteiger partial charge in [-0.3, -0.25) is 9.59 Å². The second-order valence-electron chi connectivity index (χ2n) is 1.49. The van der Waals surface area contributed by atoms with Crippen LogP contribution in [-0.2, 0) is 0 Å². The van der Waals surface area contributed by atoms with Crippen LogP contribution >= 0.6 is 0 Å². The first-order chi connectivity index (χ1) is 3.27. The van der Waals surface area contributed by atoms with E-state index in [-0.39, 0.29) is 5.43 Å². The topological polar surface area (TPSA) is 34.1 Å². The van der Waals surface area contributed by atoms with Crippen LogP contribution < -0.4 is 5.43 Å². The molecule has 0 aliphatic heterocycles. The zero-order chi connectivity index (χ0) is 5.44. The Morgan fingerprint density at radius 2 is 2.00 bits per heavy atom. The van der Waals surface area contributed by atoms with E-state index in [4.69, 9.17) is 0 Å². The van der Waals surface area contributed by atoms with Crippen molar-refractivity contribution in [2.75, 3.05) is 0 Å². The van der Waals surface area contributed by atoms with Crippen molar-refractivity contribution >= 4 is 6.29 Å². The molecule has 1 rings (SSSR count). The zero-order valence-electron chi connectivity index (χ0n) is 3.89. The molecule has 7 heavy (non-hydrogen) atoms. The molecule has 0 spiro atoms. The van der Waals surface area contributed by atoms with Crippen molar-refractivity contribution in [3.63, 3.8) is 0 Å². The monoisotopic (exact) mass is 96.0 g/mol. The van der Waals surface area contributed by atoms with Crippen LogP contribution in [0.5, 0.6) is 0 Å². The summed E-state index contributed by atoms with van der Waals surface area (Å²) in [6.07, 6.45) is 0.595. The van der Waals surface area contributed by atoms with Crippen molar-refractivity contribution in [1.82, 2.24) is 0 Å². The zero-order valence-corrected chi connectivity index (χ0v) is 3.89. The molecular weight excluding hydrogens is 92.1 g/mol. The van der Waals surface area contributed by atoms with E-state index in [2.05, 4.69) is 0 Å². The van der Waals surface area contributed by atoms with E-state index < -0.39 is 0 Å². The molecule has 0 atom stereocenters. The summed E-state index contributed by atoms with van der Waals surface area (Å²) in [5.74, 6) is 0. The third-order valence-corrected chi connectivity index (χ3v) is 1.04. The van der Waals surface area contributed by atoms with Gasteiger partial charge in [-0.05, 0) is 6.92 Å². The number of aldehydes is 1. The van der Waals surface area contributed by atoms with Crippen molar-refractivity contribution < 1.29 is 4.79 Å². The lowest BCUT2D eigenvalue weighted by atomic mass is 10.5. The van der Waals surface area contributed by atoms with Gasteiger partial charge in [0.25, 0.3) is 0 Å². The third kappa shape index (κ3) is 0.393. The van der Waals surface area contributed by atoms with Crippen molar-refractivity contribution in [2.45, 2.75) is 6.92 Å². The van der Waals surface area contributed by atoms with Gasteiger partial charge < -0.3 is 0 Å². The highest BCUT2D eigenvalue weighted by Gasteiger charge is 2.14. The predicted molar refractivity (Wildman–Crippen MR) is 25.2 cm³/mol. The number of rotatable bonds is 1. The summed E-state index contributed by atoms with van der Waals surface area (Å²) in [6, 6.07) is 0. The fraction of sp³-hybridized carbons (Fsp3) is 0.200. The molecule has 0 saturated carbocycles. The summed E-state index contributed by atoms with van der Waals surface area (Å²) < 4.78 is 0. The number of carbonyl (C=O) groups is 1. The third-order valence-electron chi connectivity index (χ3n) is 1.04.